The van der Waals surface area contributed by atoms with Crippen LogP contribution in [-0.4, -0.2) is 23.0 Å². The number of hydrogen-bond donors (Lipinski definition) is 2. The molecular weight excluding hydrogens is 376 g/mol. The molecule has 0 radical (unpaired) electrons. The molecule has 0 saturated carbocycles. The normalized spacial score (nSPS) is 10.4. The summed E-state index contributed by atoms with van der Waals surface area (Å²) in [4.78, 5) is 21.2. The molecule has 2 aromatic carbocycles. The van der Waals surface area contributed by atoms with E-state index >= 15 is 0 Å². The molecule has 1 amide bonds. The average molecular weight is 397 g/mol. The Morgan fingerprint density at radius 1 is 1.07 bits per heavy atom. The van der Waals surface area contributed by atoms with Crippen LogP contribution in [0.4, 0.5) is 11.5 Å². The number of halogens is 1. The lowest BCUT2D eigenvalue weighted by atomic mass is 10.2. The van der Waals surface area contributed by atoms with E-state index < -0.39 is 0 Å². The molecule has 0 unspecified atom stereocenters. The number of ether oxygens (including phenoxy) is 1. The Hall–Kier alpha value is -3.12. The third-order valence-corrected chi connectivity index (χ3v) is 4.38. The van der Waals surface area contributed by atoms with Crippen LogP contribution in [0.3, 0.4) is 0 Å². The molecule has 2 N–H and O–H groups in total. The van der Waals surface area contributed by atoms with Gasteiger partial charge in [0.2, 0.25) is 0 Å². The molecule has 0 aliphatic heterocycles. The van der Waals surface area contributed by atoms with E-state index in [2.05, 4.69) is 20.6 Å². The second-order valence-corrected chi connectivity index (χ2v) is 6.74. The highest BCUT2D eigenvalue weighted by Crippen LogP contribution is 2.20. The van der Waals surface area contributed by atoms with Crippen LogP contribution >= 0.6 is 11.6 Å². The molecule has 0 bridgehead atoms. The van der Waals surface area contributed by atoms with Crippen molar-refractivity contribution in [2.45, 2.75) is 20.4 Å². The van der Waals surface area contributed by atoms with Crippen LogP contribution in [0.2, 0.25) is 5.02 Å². The number of hydrogen-bond acceptors (Lipinski definition) is 5. The number of rotatable bonds is 6. The third kappa shape index (κ3) is 4.98. The van der Waals surface area contributed by atoms with Crippen LogP contribution in [0.15, 0.2) is 48.5 Å². The smallest absolute Gasteiger partial charge is 0.274 e. The summed E-state index contributed by atoms with van der Waals surface area (Å²) in [6, 6.07) is 14.7. The van der Waals surface area contributed by atoms with Crippen molar-refractivity contribution >= 4 is 29.0 Å². The molecule has 0 aliphatic rings. The first-order chi connectivity index (χ1) is 13.4. The van der Waals surface area contributed by atoms with Gasteiger partial charge in [-0.3, -0.25) is 4.79 Å². The fraction of sp³-hybridized carbons (Fsp3) is 0.190. The van der Waals surface area contributed by atoms with E-state index in [1.807, 2.05) is 31.2 Å². The molecule has 1 heterocycles. The molecular formula is C21H21ClN4O2. The van der Waals surface area contributed by atoms with Crippen molar-refractivity contribution in [3.8, 4) is 5.75 Å². The molecule has 3 aromatic rings. The number of aromatic nitrogens is 2. The Bertz CT molecular complexity index is 990. The van der Waals surface area contributed by atoms with Gasteiger partial charge in [-0.05, 0) is 55.3 Å². The SMILES string of the molecule is COc1ccc(CNc2cc(C(=O)Nc3ccc(Cl)cc3C)nc(C)n2)cc1. The number of nitrogens with zero attached hydrogens (tertiary/aromatic N) is 2. The van der Waals surface area contributed by atoms with E-state index in [1.54, 1.807) is 38.3 Å². The second-order valence-electron chi connectivity index (χ2n) is 6.30. The van der Waals surface area contributed by atoms with Crippen LogP contribution < -0.4 is 15.4 Å². The number of aryl methyl sites for hydroxylation is 2. The predicted octanol–water partition coefficient (Wildman–Crippen LogP) is 4.62. The van der Waals surface area contributed by atoms with Crippen LogP contribution in [0, 0.1) is 13.8 Å². The zero-order chi connectivity index (χ0) is 20.1. The third-order valence-electron chi connectivity index (χ3n) is 4.14. The first kappa shape index (κ1) is 19.6. The summed E-state index contributed by atoms with van der Waals surface area (Å²) in [5.41, 5.74) is 2.93. The lowest BCUT2D eigenvalue weighted by Gasteiger charge is -2.11. The van der Waals surface area contributed by atoms with Crippen LogP contribution in [-0.2, 0) is 6.54 Å². The minimum absolute atomic E-state index is 0.291. The van der Waals surface area contributed by atoms with Gasteiger partial charge in [0, 0.05) is 23.3 Å². The largest absolute Gasteiger partial charge is 0.497 e. The number of methoxy groups -OCH3 is 1. The van der Waals surface area contributed by atoms with E-state index in [4.69, 9.17) is 16.3 Å². The maximum absolute atomic E-state index is 12.6. The zero-order valence-corrected chi connectivity index (χ0v) is 16.7. The van der Waals surface area contributed by atoms with Crippen molar-refractivity contribution in [2.75, 3.05) is 17.7 Å². The van der Waals surface area contributed by atoms with Crippen molar-refractivity contribution < 1.29 is 9.53 Å². The first-order valence-electron chi connectivity index (χ1n) is 8.74. The fourth-order valence-corrected chi connectivity index (χ4v) is 2.89. The highest BCUT2D eigenvalue weighted by molar-refractivity contribution is 6.30. The molecule has 3 rings (SSSR count). The molecule has 6 nitrogen and oxygen atoms in total. The molecule has 0 atom stereocenters. The van der Waals surface area contributed by atoms with E-state index in [9.17, 15) is 4.79 Å². The minimum Gasteiger partial charge on any atom is -0.497 e. The predicted molar refractivity (Wildman–Crippen MR) is 111 cm³/mol. The Morgan fingerprint density at radius 3 is 2.50 bits per heavy atom. The monoisotopic (exact) mass is 396 g/mol. The Morgan fingerprint density at radius 2 is 1.82 bits per heavy atom. The molecule has 0 aliphatic carbocycles. The van der Waals surface area contributed by atoms with Gasteiger partial charge in [-0.25, -0.2) is 9.97 Å². The molecule has 0 fully saturated rings. The van der Waals surface area contributed by atoms with E-state index in [0.717, 1.165) is 16.9 Å². The van der Waals surface area contributed by atoms with E-state index in [-0.39, 0.29) is 5.91 Å². The van der Waals surface area contributed by atoms with Gasteiger partial charge in [0.25, 0.3) is 5.91 Å². The zero-order valence-electron chi connectivity index (χ0n) is 15.9. The summed E-state index contributed by atoms with van der Waals surface area (Å²) in [6.45, 7) is 4.20. The van der Waals surface area contributed by atoms with Gasteiger partial charge >= 0.3 is 0 Å². The van der Waals surface area contributed by atoms with Gasteiger partial charge in [0.15, 0.2) is 0 Å². The molecule has 7 heteroatoms. The summed E-state index contributed by atoms with van der Waals surface area (Å²) < 4.78 is 5.16. The van der Waals surface area contributed by atoms with Crippen molar-refractivity contribution in [3.63, 3.8) is 0 Å². The van der Waals surface area contributed by atoms with E-state index in [1.165, 1.54) is 0 Å². The van der Waals surface area contributed by atoms with Gasteiger partial charge in [-0.1, -0.05) is 23.7 Å². The molecule has 144 valence electrons. The van der Waals surface area contributed by atoms with Crippen molar-refractivity contribution in [3.05, 3.63) is 76.2 Å². The number of benzene rings is 2. The summed E-state index contributed by atoms with van der Waals surface area (Å²) in [6.07, 6.45) is 0. The van der Waals surface area contributed by atoms with Crippen LogP contribution in [0.25, 0.3) is 0 Å². The lowest BCUT2D eigenvalue weighted by molar-refractivity contribution is 0.102. The maximum atomic E-state index is 12.6. The maximum Gasteiger partial charge on any atom is 0.274 e. The summed E-state index contributed by atoms with van der Waals surface area (Å²) in [5, 5.41) is 6.72. The fourth-order valence-electron chi connectivity index (χ4n) is 2.66. The van der Waals surface area contributed by atoms with Crippen LogP contribution in [0.1, 0.15) is 27.4 Å². The van der Waals surface area contributed by atoms with Crippen molar-refractivity contribution in [1.82, 2.24) is 9.97 Å². The quantitative estimate of drug-likeness (QED) is 0.635. The summed E-state index contributed by atoms with van der Waals surface area (Å²) >= 11 is 5.97. The second kappa shape index (κ2) is 8.71. The summed E-state index contributed by atoms with van der Waals surface area (Å²) in [7, 11) is 1.63. The van der Waals surface area contributed by atoms with Crippen LogP contribution in [0.5, 0.6) is 5.75 Å². The molecule has 28 heavy (non-hydrogen) atoms. The molecule has 0 spiro atoms. The highest BCUT2D eigenvalue weighted by Gasteiger charge is 2.12. The minimum atomic E-state index is -0.302. The molecule has 0 saturated heterocycles. The highest BCUT2D eigenvalue weighted by atomic mass is 35.5. The Balaban J connectivity index is 1.71. The Kier molecular flexibility index (Phi) is 6.11. The van der Waals surface area contributed by atoms with Gasteiger partial charge in [0.1, 0.15) is 23.1 Å². The van der Waals surface area contributed by atoms with Gasteiger partial charge in [-0.2, -0.15) is 0 Å². The van der Waals surface area contributed by atoms with Crippen molar-refractivity contribution in [2.24, 2.45) is 0 Å². The topological polar surface area (TPSA) is 76.1 Å². The lowest BCUT2D eigenvalue weighted by Crippen LogP contribution is -2.16. The standard InChI is InChI=1S/C21H21ClN4O2/c1-13-10-16(22)6-9-18(13)26-21(27)19-11-20(25-14(2)24-19)23-12-15-4-7-17(28-3)8-5-15/h4-11H,12H2,1-3H3,(H,26,27)(H,23,24,25). The number of nitrogens with one attached hydrogen (secondary N) is 2. The number of carbonyl (C=O) groups excluding carboxylic acids is 1. The van der Waals surface area contributed by atoms with E-state index in [0.29, 0.717) is 34.6 Å². The number of amides is 1. The molecule has 1 aromatic heterocycles. The average Bonchev–Trinajstić information content (AvgIpc) is 2.68. The number of carbonyl (C=O) groups is 1. The van der Waals surface area contributed by atoms with Gasteiger partial charge in [0.05, 0.1) is 7.11 Å². The Labute approximate surface area is 168 Å². The van der Waals surface area contributed by atoms with Crippen molar-refractivity contribution in [1.29, 1.82) is 0 Å². The summed E-state index contributed by atoms with van der Waals surface area (Å²) in [5.74, 6) is 1.60. The van der Waals surface area contributed by atoms with Gasteiger partial charge in [-0.15, -0.1) is 0 Å². The number of anilines is 2. The first-order valence-corrected chi connectivity index (χ1v) is 9.12. The van der Waals surface area contributed by atoms with Gasteiger partial charge < -0.3 is 15.4 Å².